The summed E-state index contributed by atoms with van der Waals surface area (Å²) in [4.78, 5) is 0. The van der Waals surface area contributed by atoms with Crippen LogP contribution in [0.1, 0.15) is 18.5 Å². The van der Waals surface area contributed by atoms with Gasteiger partial charge in [0.25, 0.3) is 0 Å². The van der Waals surface area contributed by atoms with Gasteiger partial charge in [0.05, 0.1) is 35.6 Å². The first-order chi connectivity index (χ1) is 31.0. The number of halogens is 20. The largest absolute Gasteiger partial charge is 0.932 e. The Balaban J connectivity index is 1.66. The van der Waals surface area contributed by atoms with Crippen molar-refractivity contribution in [2.45, 2.75) is 24.3 Å². The van der Waals surface area contributed by atoms with Gasteiger partial charge < -0.3 is 4.20 Å². The SMILES string of the molecule is C[C@H]1C[P+](c2ccccc2)(c2ccccc2)[C@@H]2[C@@H]1[B-](c1c(F)c(F)c(F)c(F)c1F)(c1c(F)c(F)c(F)c(F)c1F)[O+]1[C@@H](c3c(F)c(F)c(F)c(F)c3F)[B@-]21c1c(F)c(F)c(F)c(F)c1F. The maximum atomic E-state index is 17.0. The molecule has 9 rings (SSSR count). The van der Waals surface area contributed by atoms with E-state index in [2.05, 4.69) is 0 Å². The Morgan fingerprint density at radius 3 is 1.02 bits per heavy atom. The van der Waals surface area contributed by atoms with Crippen LogP contribution in [0.25, 0.3) is 0 Å². The summed E-state index contributed by atoms with van der Waals surface area (Å²) in [6.45, 7) is 0.988. The normalized spacial score (nSPS) is 22.8. The molecule has 3 aliphatic rings. The first kappa shape index (κ1) is 45.6. The highest BCUT2D eigenvalue weighted by Crippen LogP contribution is 2.86. The fourth-order valence-corrected chi connectivity index (χ4v) is 18.4. The van der Waals surface area contributed by atoms with Gasteiger partial charge in [0.1, 0.15) is 34.9 Å². The molecule has 0 N–H and O–H groups in total. The quantitative estimate of drug-likeness (QED) is 0.0298. The zero-order chi connectivity index (χ0) is 48.2. The van der Waals surface area contributed by atoms with E-state index < -0.39 is 188 Å². The Hall–Kier alpha value is -5.56. The van der Waals surface area contributed by atoms with E-state index in [4.69, 9.17) is 0 Å². The maximum absolute atomic E-state index is 17.0. The van der Waals surface area contributed by atoms with Crippen LogP contribution in [0.2, 0.25) is 5.82 Å². The number of hydrogen-bond acceptors (Lipinski definition) is 0. The van der Waals surface area contributed by atoms with E-state index in [9.17, 15) is 17.6 Å². The van der Waals surface area contributed by atoms with Crippen LogP contribution in [0, 0.1) is 122 Å². The van der Waals surface area contributed by atoms with Crippen molar-refractivity contribution in [2.75, 3.05) is 6.16 Å². The molecule has 0 unspecified atom stereocenters. The smallest absolute Gasteiger partial charge is 0.383 e. The third-order valence-electron chi connectivity index (χ3n) is 13.7. The topological polar surface area (TPSA) is 2.70 Å². The molecule has 0 spiro atoms. The van der Waals surface area contributed by atoms with Gasteiger partial charge in [-0.1, -0.05) is 49.1 Å². The molecule has 6 aromatic carbocycles. The molecule has 6 aromatic rings. The first-order valence-electron chi connectivity index (χ1n) is 19.1. The molecular weight excluding hydrogens is 953 g/mol. The predicted octanol–water partition coefficient (Wildman–Crippen LogP) is 9.84. The molecule has 66 heavy (non-hydrogen) atoms. The maximum Gasteiger partial charge on any atom is 0.383 e. The monoisotopic (exact) mass is 972 g/mol. The van der Waals surface area contributed by atoms with Crippen LogP contribution in [0.5, 0.6) is 0 Å². The van der Waals surface area contributed by atoms with E-state index in [1.807, 2.05) is 0 Å². The van der Waals surface area contributed by atoms with Crippen molar-refractivity contribution in [3.8, 4) is 0 Å². The van der Waals surface area contributed by atoms with E-state index in [0.717, 1.165) is 6.92 Å². The van der Waals surface area contributed by atoms with Crippen LogP contribution in [0.15, 0.2) is 60.7 Å². The summed E-state index contributed by atoms with van der Waals surface area (Å²) in [7, 11) is -4.42. The summed E-state index contributed by atoms with van der Waals surface area (Å²) in [6.07, 6.45) is -11.8. The van der Waals surface area contributed by atoms with Gasteiger partial charge in [0.2, 0.25) is 5.82 Å². The van der Waals surface area contributed by atoms with E-state index >= 15 is 70.2 Å². The third-order valence-corrected chi connectivity index (χ3v) is 19.1. The molecule has 3 fully saturated rings. The second-order valence-corrected chi connectivity index (χ2v) is 20.0. The highest BCUT2D eigenvalue weighted by atomic mass is 31.2. The third kappa shape index (κ3) is 5.26. The zero-order valence-corrected chi connectivity index (χ0v) is 33.3. The average molecular weight is 972 g/mol. The van der Waals surface area contributed by atoms with Crippen molar-refractivity contribution in [1.29, 1.82) is 0 Å². The van der Waals surface area contributed by atoms with Crippen molar-refractivity contribution >= 4 is 47.0 Å². The lowest BCUT2D eigenvalue weighted by Crippen LogP contribution is -2.69. The van der Waals surface area contributed by atoms with Crippen molar-refractivity contribution in [1.82, 2.24) is 0 Å². The standard InChI is InChI=1S/C42H19B2F20OP/c1-13-12-66(14-8-4-2-5-9-14,15-10-6-3-7-11-15)42-17(13)43(18-23(47)31(55)38(62)32(56)24(18)48,19-25(49)33(57)39(63)34(58)26(19)50)65-41(16-21(45)29(53)37(61)30(54)22(16)46)44(42,65)20-27(51)35(59)40(64)36(60)28(20)52/h2-11,13,17,41-42H,12H2,1H3/t13-,17+,41-,42+,44+/m0/s1. The van der Waals surface area contributed by atoms with Gasteiger partial charge >= 0.3 is 12.7 Å². The minimum absolute atomic E-state index is 0.106. The molecule has 5 atom stereocenters. The molecule has 0 amide bonds. The van der Waals surface area contributed by atoms with Crippen molar-refractivity contribution in [3.63, 3.8) is 0 Å². The molecule has 344 valence electrons. The Bertz CT molecular complexity index is 2880. The molecule has 0 saturated carbocycles. The minimum atomic E-state index is -5.85. The van der Waals surface area contributed by atoms with Crippen LogP contribution < -0.4 is 27.0 Å². The predicted molar refractivity (Wildman–Crippen MR) is 200 cm³/mol. The number of hydrogen-bond donors (Lipinski definition) is 0. The molecule has 0 aromatic heterocycles. The summed E-state index contributed by atoms with van der Waals surface area (Å²) in [5.41, 5.74) is -12.6. The molecular formula is C42H19B2F20OP. The van der Waals surface area contributed by atoms with Gasteiger partial charge in [-0.3, -0.25) is 0 Å². The van der Waals surface area contributed by atoms with Crippen LogP contribution in [0.4, 0.5) is 87.8 Å². The van der Waals surface area contributed by atoms with Crippen LogP contribution in [-0.4, -0.2) is 24.4 Å². The second-order valence-electron chi connectivity index (χ2n) is 16.3. The van der Waals surface area contributed by atoms with Gasteiger partial charge in [0.15, 0.2) is 75.6 Å². The van der Waals surface area contributed by atoms with Gasteiger partial charge in [-0.15, -0.1) is 0 Å². The number of fused-ring (bicyclic) bond motifs is 3. The second kappa shape index (κ2) is 15.0. The summed E-state index contributed by atoms with van der Waals surface area (Å²) >= 11 is 0. The van der Waals surface area contributed by atoms with Gasteiger partial charge in [-0.05, 0) is 46.6 Å². The summed E-state index contributed by atoms with van der Waals surface area (Å²) in [5, 5.41) is -0.212. The number of rotatable bonds is 6. The Labute approximate surface area is 357 Å². The van der Waals surface area contributed by atoms with Crippen molar-refractivity contribution in [3.05, 3.63) is 183 Å². The average Bonchev–Trinajstić information content (AvgIpc) is 3.74. The lowest BCUT2D eigenvalue weighted by molar-refractivity contribution is 0.259. The van der Waals surface area contributed by atoms with Crippen molar-refractivity contribution in [2.24, 2.45) is 5.92 Å². The molecule has 0 aliphatic carbocycles. The Morgan fingerprint density at radius 1 is 0.394 bits per heavy atom. The summed E-state index contributed by atoms with van der Waals surface area (Å²) in [6, 6.07) is 9.07. The first-order valence-corrected chi connectivity index (χ1v) is 21.2. The molecule has 1 nitrogen and oxygen atoms in total. The lowest BCUT2D eigenvalue weighted by atomic mass is 9.22. The Kier molecular flexibility index (Phi) is 10.3. The van der Waals surface area contributed by atoms with Crippen LogP contribution >= 0.6 is 7.26 Å². The molecule has 3 saturated heterocycles. The fourth-order valence-electron chi connectivity index (χ4n) is 11.9. The van der Waals surface area contributed by atoms with E-state index in [-0.39, 0.29) is 10.6 Å². The zero-order valence-electron chi connectivity index (χ0n) is 32.4. The Morgan fingerprint density at radius 2 is 0.682 bits per heavy atom. The van der Waals surface area contributed by atoms with Crippen LogP contribution in [-0.2, 0) is 4.20 Å². The number of benzene rings is 6. The summed E-state index contributed by atoms with van der Waals surface area (Å²) in [5.74, 6) is -65.3. The highest BCUT2D eigenvalue weighted by molar-refractivity contribution is 7.92. The van der Waals surface area contributed by atoms with Crippen LogP contribution in [0.3, 0.4) is 0 Å². The van der Waals surface area contributed by atoms with Gasteiger partial charge in [0, 0.05) is 5.56 Å². The summed E-state index contributed by atoms with van der Waals surface area (Å²) < 4.78 is 322. The molecule has 0 bridgehead atoms. The molecule has 0 radical (unpaired) electrons. The van der Waals surface area contributed by atoms with E-state index in [1.165, 1.54) is 64.9 Å². The lowest BCUT2D eigenvalue weighted by Gasteiger charge is -2.50. The molecule has 3 aliphatic heterocycles. The van der Waals surface area contributed by atoms with E-state index in [1.54, 1.807) is 0 Å². The van der Waals surface area contributed by atoms with Gasteiger partial charge in [-0.2, -0.15) is 0 Å². The van der Waals surface area contributed by atoms with Gasteiger partial charge in [-0.25, -0.2) is 87.8 Å². The fraction of sp³-hybridized carbons (Fsp3) is 0.143. The highest BCUT2D eigenvalue weighted by Gasteiger charge is 2.92. The van der Waals surface area contributed by atoms with Crippen molar-refractivity contribution < 1.29 is 92.0 Å². The van der Waals surface area contributed by atoms with E-state index in [0.29, 0.717) is 0 Å². The molecule has 24 heteroatoms. The molecule has 3 heterocycles. The minimum Gasteiger partial charge on any atom is -0.932 e.